The third-order valence-electron chi connectivity index (χ3n) is 5.52. The van der Waals surface area contributed by atoms with E-state index in [9.17, 15) is 16.8 Å². The van der Waals surface area contributed by atoms with Gasteiger partial charge in [0.15, 0.2) is 9.84 Å². The minimum atomic E-state index is -3.90. The number of sulfonamides is 1. The van der Waals surface area contributed by atoms with Gasteiger partial charge in [0.2, 0.25) is 10.0 Å². The second-order valence-electron chi connectivity index (χ2n) is 7.72. The van der Waals surface area contributed by atoms with Crippen molar-refractivity contribution in [3.05, 3.63) is 77.7 Å². The average molecular weight is 492 g/mol. The molecule has 1 aliphatic rings. The number of benzene rings is 2. The smallest absolute Gasteiger partial charge is 0.240 e. The van der Waals surface area contributed by atoms with Crippen LogP contribution >= 0.6 is 11.3 Å². The Hall–Kier alpha value is -2.20. The summed E-state index contributed by atoms with van der Waals surface area (Å²) in [6.45, 7) is -0.271. The number of thiophene rings is 1. The van der Waals surface area contributed by atoms with E-state index in [0.29, 0.717) is 11.3 Å². The number of ether oxygens (including phenoxy) is 1. The zero-order valence-electron chi connectivity index (χ0n) is 17.4. The molecule has 3 aromatic rings. The summed E-state index contributed by atoms with van der Waals surface area (Å²) in [6.07, 6.45) is 4.52. The maximum absolute atomic E-state index is 13.2. The zero-order valence-corrected chi connectivity index (χ0v) is 19.8. The highest BCUT2D eigenvalue weighted by Crippen LogP contribution is 2.31. The van der Waals surface area contributed by atoms with E-state index in [4.69, 9.17) is 4.74 Å². The lowest BCUT2D eigenvalue weighted by Gasteiger charge is -2.18. The molecule has 1 fully saturated rings. The molecular weight excluding hydrogens is 466 g/mol. The number of hydrogen-bond acceptors (Lipinski definition) is 6. The topological polar surface area (TPSA) is 89.5 Å². The molecule has 9 heteroatoms. The van der Waals surface area contributed by atoms with Crippen LogP contribution in [0.15, 0.2) is 81.2 Å². The Morgan fingerprint density at radius 3 is 2.22 bits per heavy atom. The van der Waals surface area contributed by atoms with Crippen LogP contribution in [-0.2, 0) is 19.9 Å². The molecule has 0 radical (unpaired) electrons. The molecule has 0 aliphatic heterocycles. The Balaban J connectivity index is 1.52. The molecule has 1 saturated carbocycles. The van der Waals surface area contributed by atoms with Gasteiger partial charge in [0, 0.05) is 6.54 Å². The van der Waals surface area contributed by atoms with Crippen LogP contribution in [0.2, 0.25) is 0 Å². The first-order chi connectivity index (χ1) is 15.4. The molecule has 0 bridgehead atoms. The van der Waals surface area contributed by atoms with Gasteiger partial charge in [0.25, 0.3) is 0 Å². The monoisotopic (exact) mass is 491 g/mol. The van der Waals surface area contributed by atoms with E-state index >= 15 is 0 Å². The molecule has 170 valence electrons. The highest BCUT2D eigenvalue weighted by molar-refractivity contribution is 7.93. The maximum Gasteiger partial charge on any atom is 0.240 e. The van der Waals surface area contributed by atoms with Crippen LogP contribution in [0.25, 0.3) is 0 Å². The van der Waals surface area contributed by atoms with Crippen LogP contribution in [0.4, 0.5) is 0 Å². The molecule has 1 N–H and O–H groups in total. The lowest BCUT2D eigenvalue weighted by Crippen LogP contribution is -2.31. The normalized spacial score (nSPS) is 16.1. The van der Waals surface area contributed by atoms with E-state index in [-0.39, 0.29) is 21.8 Å². The molecular formula is C23H25NO5S3. The first kappa shape index (κ1) is 23.0. The molecule has 0 saturated heterocycles. The minimum Gasteiger partial charge on any atom is -0.490 e. The van der Waals surface area contributed by atoms with E-state index in [1.165, 1.54) is 18.2 Å². The van der Waals surface area contributed by atoms with Gasteiger partial charge in [-0.3, -0.25) is 0 Å². The van der Waals surface area contributed by atoms with E-state index < -0.39 is 25.1 Å². The number of rotatable bonds is 9. The molecule has 1 aromatic heterocycles. The van der Waals surface area contributed by atoms with Crippen molar-refractivity contribution >= 4 is 31.2 Å². The summed E-state index contributed by atoms with van der Waals surface area (Å²) in [4.78, 5) is 0.0663. The SMILES string of the molecule is O=S(=O)(NC[C@H](c1ccccc1)S(=O)(=O)c1cccs1)c1ccc(OC2CCCC2)cc1. The molecule has 1 heterocycles. The fraction of sp³-hybridized carbons (Fsp3) is 0.304. The summed E-state index contributed by atoms with van der Waals surface area (Å²) < 4.78 is 60.8. The van der Waals surface area contributed by atoms with E-state index in [1.54, 1.807) is 53.9 Å². The van der Waals surface area contributed by atoms with Crippen molar-refractivity contribution < 1.29 is 21.6 Å². The lowest BCUT2D eigenvalue weighted by molar-refractivity contribution is 0.210. The van der Waals surface area contributed by atoms with Gasteiger partial charge in [0.05, 0.1) is 11.0 Å². The predicted octanol–water partition coefficient (Wildman–Crippen LogP) is 4.56. The van der Waals surface area contributed by atoms with Crippen molar-refractivity contribution in [3.8, 4) is 5.75 Å². The molecule has 0 amide bonds. The Morgan fingerprint density at radius 1 is 0.906 bits per heavy atom. The highest BCUT2D eigenvalue weighted by Gasteiger charge is 2.31. The number of sulfone groups is 1. The Bertz CT molecular complexity index is 1220. The number of hydrogen-bond donors (Lipinski definition) is 1. The first-order valence-corrected chi connectivity index (χ1v) is 14.4. The highest BCUT2D eigenvalue weighted by atomic mass is 32.2. The summed E-state index contributed by atoms with van der Waals surface area (Å²) in [5.41, 5.74) is 0.531. The van der Waals surface area contributed by atoms with Gasteiger partial charge in [0.1, 0.15) is 15.2 Å². The fourth-order valence-electron chi connectivity index (χ4n) is 3.80. The van der Waals surface area contributed by atoms with Gasteiger partial charge >= 0.3 is 0 Å². The van der Waals surface area contributed by atoms with E-state index in [2.05, 4.69) is 4.72 Å². The molecule has 1 aliphatic carbocycles. The van der Waals surface area contributed by atoms with Crippen molar-refractivity contribution in [2.24, 2.45) is 0 Å². The largest absolute Gasteiger partial charge is 0.490 e. The van der Waals surface area contributed by atoms with Gasteiger partial charge < -0.3 is 4.74 Å². The summed E-state index contributed by atoms with van der Waals surface area (Å²) in [5.74, 6) is 0.637. The summed E-state index contributed by atoms with van der Waals surface area (Å²) >= 11 is 1.12. The maximum atomic E-state index is 13.2. The molecule has 0 spiro atoms. The molecule has 1 atom stereocenters. The standard InChI is InChI=1S/C23H25NO5S3/c25-31(26,23-11-6-16-30-23)22(18-7-2-1-3-8-18)17-24-32(27,28)21-14-12-20(13-15-21)29-19-9-4-5-10-19/h1-3,6-8,11-16,19,22,24H,4-5,9-10,17H2/t22-/m1/s1. The summed E-state index contributed by atoms with van der Waals surface area (Å²) in [6, 6.07) is 18.1. The van der Waals surface area contributed by atoms with Gasteiger partial charge in [-0.15, -0.1) is 11.3 Å². The third-order valence-corrected chi connectivity index (χ3v) is 10.5. The van der Waals surface area contributed by atoms with Crippen molar-refractivity contribution in [2.45, 2.75) is 46.1 Å². The Labute approximate surface area is 193 Å². The lowest BCUT2D eigenvalue weighted by atomic mass is 10.1. The second-order valence-corrected chi connectivity index (χ2v) is 12.8. The van der Waals surface area contributed by atoms with Crippen LogP contribution in [0, 0.1) is 0 Å². The van der Waals surface area contributed by atoms with Crippen LogP contribution < -0.4 is 9.46 Å². The second kappa shape index (κ2) is 9.74. The molecule has 4 rings (SSSR count). The van der Waals surface area contributed by atoms with Crippen molar-refractivity contribution in [1.29, 1.82) is 0 Å². The first-order valence-electron chi connectivity index (χ1n) is 10.4. The zero-order chi connectivity index (χ0) is 22.6. The Kier molecular flexibility index (Phi) is 6.99. The minimum absolute atomic E-state index is 0.0663. The Morgan fingerprint density at radius 2 is 1.59 bits per heavy atom. The van der Waals surface area contributed by atoms with Crippen molar-refractivity contribution in [1.82, 2.24) is 4.72 Å². The average Bonchev–Trinajstić information content (AvgIpc) is 3.50. The van der Waals surface area contributed by atoms with Crippen molar-refractivity contribution in [2.75, 3.05) is 6.54 Å². The van der Waals surface area contributed by atoms with Crippen LogP contribution in [0.1, 0.15) is 36.5 Å². The van der Waals surface area contributed by atoms with Gasteiger partial charge in [-0.05, 0) is 67.0 Å². The van der Waals surface area contributed by atoms with Gasteiger partial charge in [-0.2, -0.15) is 0 Å². The molecule has 32 heavy (non-hydrogen) atoms. The van der Waals surface area contributed by atoms with Gasteiger partial charge in [-0.25, -0.2) is 21.6 Å². The fourth-order valence-corrected chi connectivity index (χ4v) is 7.82. The van der Waals surface area contributed by atoms with Crippen LogP contribution in [0.5, 0.6) is 5.75 Å². The van der Waals surface area contributed by atoms with E-state index in [0.717, 1.165) is 37.0 Å². The predicted molar refractivity (Wildman–Crippen MR) is 125 cm³/mol. The number of nitrogens with one attached hydrogen (secondary N) is 1. The molecule has 6 nitrogen and oxygen atoms in total. The third kappa shape index (κ3) is 5.23. The summed E-state index contributed by atoms with van der Waals surface area (Å²) in [7, 11) is -7.67. The van der Waals surface area contributed by atoms with E-state index in [1.807, 2.05) is 0 Å². The molecule has 2 aromatic carbocycles. The van der Waals surface area contributed by atoms with Crippen molar-refractivity contribution in [3.63, 3.8) is 0 Å². The molecule has 0 unspecified atom stereocenters. The van der Waals surface area contributed by atoms with Gasteiger partial charge in [-0.1, -0.05) is 36.4 Å². The summed E-state index contributed by atoms with van der Waals surface area (Å²) in [5, 5.41) is 0.649. The quantitative estimate of drug-likeness (QED) is 0.474. The van der Waals surface area contributed by atoms with Crippen LogP contribution in [0.3, 0.4) is 0 Å². The van der Waals surface area contributed by atoms with Crippen LogP contribution in [-0.4, -0.2) is 29.5 Å².